The molecule has 0 aliphatic heterocycles. The first kappa shape index (κ1) is 13.5. The van der Waals surface area contributed by atoms with E-state index in [0.29, 0.717) is 13.0 Å². The van der Waals surface area contributed by atoms with E-state index in [0.717, 1.165) is 23.8 Å². The minimum absolute atomic E-state index is 0.568. The zero-order valence-electron chi connectivity index (χ0n) is 11.5. The van der Waals surface area contributed by atoms with Crippen molar-refractivity contribution >= 4 is 11.5 Å². The SMILES string of the molecule is CCc1ccc(N(C)c2ccnc(CCN)n2)cc1. The van der Waals surface area contributed by atoms with Crippen LogP contribution in [0.4, 0.5) is 11.5 Å². The molecule has 0 spiro atoms. The second-order valence-electron chi connectivity index (χ2n) is 4.45. The van der Waals surface area contributed by atoms with Crippen molar-refractivity contribution in [3.05, 3.63) is 47.9 Å². The number of benzene rings is 1. The van der Waals surface area contributed by atoms with Gasteiger partial charge in [-0.1, -0.05) is 19.1 Å². The number of rotatable bonds is 5. The van der Waals surface area contributed by atoms with Crippen LogP contribution in [0.1, 0.15) is 18.3 Å². The quantitative estimate of drug-likeness (QED) is 0.892. The lowest BCUT2D eigenvalue weighted by molar-refractivity contribution is 0.862. The molecule has 0 amide bonds. The van der Waals surface area contributed by atoms with Crippen LogP contribution in [0.25, 0.3) is 0 Å². The van der Waals surface area contributed by atoms with Crippen LogP contribution in [0, 0.1) is 0 Å². The molecule has 2 N–H and O–H groups in total. The normalized spacial score (nSPS) is 10.5. The summed E-state index contributed by atoms with van der Waals surface area (Å²) in [5.74, 6) is 1.68. The number of hydrogen-bond donors (Lipinski definition) is 1. The van der Waals surface area contributed by atoms with Crippen molar-refractivity contribution in [2.24, 2.45) is 5.73 Å². The predicted octanol–water partition coefficient (Wildman–Crippen LogP) is 2.31. The van der Waals surface area contributed by atoms with E-state index in [-0.39, 0.29) is 0 Å². The maximum absolute atomic E-state index is 5.54. The Hall–Kier alpha value is -1.94. The van der Waals surface area contributed by atoms with Crippen LogP contribution in [0.3, 0.4) is 0 Å². The predicted molar refractivity (Wildman–Crippen MR) is 78.7 cm³/mol. The molecule has 0 aliphatic carbocycles. The highest BCUT2D eigenvalue weighted by Gasteiger charge is 2.06. The van der Waals surface area contributed by atoms with E-state index in [9.17, 15) is 0 Å². The molecule has 1 aromatic heterocycles. The molecular weight excluding hydrogens is 236 g/mol. The Morgan fingerprint density at radius 2 is 1.89 bits per heavy atom. The number of hydrogen-bond acceptors (Lipinski definition) is 4. The van der Waals surface area contributed by atoms with Crippen molar-refractivity contribution < 1.29 is 0 Å². The molecule has 4 nitrogen and oxygen atoms in total. The molecule has 0 atom stereocenters. The Balaban J connectivity index is 2.22. The van der Waals surface area contributed by atoms with Gasteiger partial charge in [-0.3, -0.25) is 0 Å². The third-order valence-electron chi connectivity index (χ3n) is 3.13. The smallest absolute Gasteiger partial charge is 0.136 e. The molecule has 2 rings (SSSR count). The molecular formula is C15H20N4. The van der Waals surface area contributed by atoms with E-state index in [1.54, 1.807) is 6.20 Å². The second kappa shape index (κ2) is 6.29. The first-order valence-electron chi connectivity index (χ1n) is 6.59. The maximum atomic E-state index is 5.54. The van der Waals surface area contributed by atoms with E-state index in [1.807, 2.05) is 13.1 Å². The number of aromatic nitrogens is 2. The van der Waals surface area contributed by atoms with Crippen LogP contribution in [-0.2, 0) is 12.8 Å². The Morgan fingerprint density at radius 3 is 2.53 bits per heavy atom. The summed E-state index contributed by atoms with van der Waals surface area (Å²) < 4.78 is 0. The van der Waals surface area contributed by atoms with E-state index in [2.05, 4.69) is 46.1 Å². The standard InChI is InChI=1S/C15H20N4/c1-3-12-4-6-13(7-5-12)19(2)15-9-11-17-14(18-15)8-10-16/h4-7,9,11H,3,8,10,16H2,1-2H3. The Labute approximate surface area is 114 Å². The van der Waals surface area contributed by atoms with Gasteiger partial charge in [0.05, 0.1) is 0 Å². The van der Waals surface area contributed by atoms with Gasteiger partial charge in [-0.05, 0) is 36.7 Å². The van der Waals surface area contributed by atoms with Gasteiger partial charge in [0, 0.05) is 25.4 Å². The monoisotopic (exact) mass is 256 g/mol. The molecule has 1 heterocycles. The summed E-state index contributed by atoms with van der Waals surface area (Å²) in [6.45, 7) is 2.72. The highest BCUT2D eigenvalue weighted by molar-refractivity contribution is 5.59. The molecule has 0 bridgehead atoms. The average molecular weight is 256 g/mol. The molecule has 4 heteroatoms. The summed E-state index contributed by atoms with van der Waals surface area (Å²) in [5.41, 5.74) is 7.99. The fourth-order valence-electron chi connectivity index (χ4n) is 1.91. The van der Waals surface area contributed by atoms with Gasteiger partial charge in [-0.2, -0.15) is 0 Å². The molecule has 0 radical (unpaired) electrons. The van der Waals surface area contributed by atoms with E-state index >= 15 is 0 Å². The molecule has 1 aromatic carbocycles. The molecule has 100 valence electrons. The van der Waals surface area contributed by atoms with Crippen molar-refractivity contribution in [3.8, 4) is 0 Å². The summed E-state index contributed by atoms with van der Waals surface area (Å²) in [6.07, 6.45) is 3.54. The first-order valence-corrected chi connectivity index (χ1v) is 6.59. The topological polar surface area (TPSA) is 55.0 Å². The van der Waals surface area contributed by atoms with Crippen molar-refractivity contribution in [2.75, 3.05) is 18.5 Å². The van der Waals surface area contributed by atoms with Crippen molar-refractivity contribution in [1.82, 2.24) is 9.97 Å². The van der Waals surface area contributed by atoms with Crippen LogP contribution >= 0.6 is 0 Å². The number of nitrogens with zero attached hydrogens (tertiary/aromatic N) is 3. The summed E-state index contributed by atoms with van der Waals surface area (Å²) in [6, 6.07) is 10.4. The average Bonchev–Trinajstić information content (AvgIpc) is 2.47. The molecule has 19 heavy (non-hydrogen) atoms. The van der Waals surface area contributed by atoms with Gasteiger partial charge in [0.25, 0.3) is 0 Å². The third-order valence-corrected chi connectivity index (χ3v) is 3.13. The van der Waals surface area contributed by atoms with Gasteiger partial charge in [0.1, 0.15) is 11.6 Å². The van der Waals surface area contributed by atoms with Crippen LogP contribution < -0.4 is 10.6 Å². The van der Waals surface area contributed by atoms with Gasteiger partial charge >= 0.3 is 0 Å². The van der Waals surface area contributed by atoms with Gasteiger partial charge < -0.3 is 10.6 Å². The lowest BCUT2D eigenvalue weighted by Gasteiger charge is -2.19. The second-order valence-corrected chi connectivity index (χ2v) is 4.45. The largest absolute Gasteiger partial charge is 0.330 e. The van der Waals surface area contributed by atoms with Crippen molar-refractivity contribution in [2.45, 2.75) is 19.8 Å². The lowest BCUT2D eigenvalue weighted by atomic mass is 10.1. The van der Waals surface area contributed by atoms with Crippen LogP contribution in [-0.4, -0.2) is 23.6 Å². The highest BCUT2D eigenvalue weighted by Crippen LogP contribution is 2.21. The summed E-state index contributed by atoms with van der Waals surface area (Å²) >= 11 is 0. The highest BCUT2D eigenvalue weighted by atomic mass is 15.2. The van der Waals surface area contributed by atoms with Gasteiger partial charge in [-0.25, -0.2) is 9.97 Å². The summed E-state index contributed by atoms with van der Waals surface area (Å²) in [4.78, 5) is 10.8. The van der Waals surface area contributed by atoms with Crippen molar-refractivity contribution in [3.63, 3.8) is 0 Å². The number of aryl methyl sites for hydroxylation is 1. The number of nitrogens with two attached hydrogens (primary N) is 1. The van der Waals surface area contributed by atoms with Crippen molar-refractivity contribution in [1.29, 1.82) is 0 Å². The summed E-state index contributed by atoms with van der Waals surface area (Å²) in [5, 5.41) is 0. The molecule has 2 aromatic rings. The minimum atomic E-state index is 0.568. The van der Waals surface area contributed by atoms with E-state index < -0.39 is 0 Å². The van der Waals surface area contributed by atoms with Gasteiger partial charge in [0.2, 0.25) is 0 Å². The van der Waals surface area contributed by atoms with E-state index in [4.69, 9.17) is 5.73 Å². The van der Waals surface area contributed by atoms with Gasteiger partial charge in [0.15, 0.2) is 0 Å². The van der Waals surface area contributed by atoms with Crippen LogP contribution in [0.2, 0.25) is 0 Å². The maximum Gasteiger partial charge on any atom is 0.136 e. The molecule has 0 saturated heterocycles. The molecule has 0 aliphatic rings. The lowest BCUT2D eigenvalue weighted by Crippen LogP contribution is -2.14. The number of anilines is 2. The zero-order chi connectivity index (χ0) is 13.7. The third kappa shape index (κ3) is 3.29. The Bertz CT molecular complexity index is 522. The molecule has 0 saturated carbocycles. The fraction of sp³-hybridized carbons (Fsp3) is 0.333. The van der Waals surface area contributed by atoms with Crippen LogP contribution in [0.5, 0.6) is 0 Å². The Kier molecular flexibility index (Phi) is 4.47. The van der Waals surface area contributed by atoms with Gasteiger partial charge in [-0.15, -0.1) is 0 Å². The molecule has 0 unspecified atom stereocenters. The minimum Gasteiger partial charge on any atom is -0.330 e. The Morgan fingerprint density at radius 1 is 1.16 bits per heavy atom. The molecule has 0 fully saturated rings. The summed E-state index contributed by atoms with van der Waals surface area (Å²) in [7, 11) is 2.01. The van der Waals surface area contributed by atoms with E-state index in [1.165, 1.54) is 5.56 Å². The zero-order valence-corrected chi connectivity index (χ0v) is 11.5. The van der Waals surface area contributed by atoms with Crippen LogP contribution in [0.15, 0.2) is 36.5 Å². The first-order chi connectivity index (χ1) is 9.24. The fourth-order valence-corrected chi connectivity index (χ4v) is 1.91.